The summed E-state index contributed by atoms with van der Waals surface area (Å²) in [6, 6.07) is 3.90. The van der Waals surface area contributed by atoms with Crippen molar-refractivity contribution < 1.29 is 5.11 Å². The van der Waals surface area contributed by atoms with Crippen LogP contribution in [-0.4, -0.2) is 41.6 Å². The van der Waals surface area contributed by atoms with Gasteiger partial charge in [0.1, 0.15) is 5.52 Å². The van der Waals surface area contributed by atoms with Crippen LogP contribution in [0.2, 0.25) is 0 Å². The molecule has 1 fully saturated rings. The number of anilines is 1. The van der Waals surface area contributed by atoms with Crippen molar-refractivity contribution in [1.82, 2.24) is 24.4 Å². The summed E-state index contributed by atoms with van der Waals surface area (Å²) in [7, 11) is 0. The standard InChI is InChI=1S/C14H16N6O/c1-9-7-11-14(15-4-6-19(11)18-9)17-10-8-12(21)13(10)20-5-2-3-16-20/h2-7,10,12-13,21H,8H2,1H3,(H,15,17)/t10-,12+,13+/m0/s1. The fourth-order valence-corrected chi connectivity index (χ4v) is 2.90. The number of nitrogens with one attached hydrogen (secondary N) is 1. The predicted octanol–water partition coefficient (Wildman–Crippen LogP) is 1.02. The summed E-state index contributed by atoms with van der Waals surface area (Å²) in [4.78, 5) is 4.40. The van der Waals surface area contributed by atoms with Gasteiger partial charge >= 0.3 is 0 Å². The molecule has 0 unspecified atom stereocenters. The minimum atomic E-state index is -0.381. The predicted molar refractivity (Wildman–Crippen MR) is 77.0 cm³/mol. The Hall–Kier alpha value is -2.41. The van der Waals surface area contributed by atoms with Gasteiger partial charge in [0.15, 0.2) is 5.82 Å². The van der Waals surface area contributed by atoms with Gasteiger partial charge in [-0.15, -0.1) is 0 Å². The molecule has 3 heterocycles. The van der Waals surface area contributed by atoms with E-state index in [4.69, 9.17) is 0 Å². The lowest BCUT2D eigenvalue weighted by atomic mass is 9.83. The molecule has 0 spiro atoms. The van der Waals surface area contributed by atoms with Gasteiger partial charge in [-0.1, -0.05) is 0 Å². The largest absolute Gasteiger partial charge is 0.391 e. The third-order valence-corrected chi connectivity index (χ3v) is 3.97. The van der Waals surface area contributed by atoms with Crippen LogP contribution in [-0.2, 0) is 0 Å². The topological polar surface area (TPSA) is 80.3 Å². The van der Waals surface area contributed by atoms with Crippen LogP contribution in [0.25, 0.3) is 5.52 Å². The summed E-state index contributed by atoms with van der Waals surface area (Å²) in [6.07, 6.45) is 7.45. The molecule has 7 heteroatoms. The highest BCUT2D eigenvalue weighted by Crippen LogP contribution is 2.35. The monoisotopic (exact) mass is 284 g/mol. The fourth-order valence-electron chi connectivity index (χ4n) is 2.90. The van der Waals surface area contributed by atoms with Gasteiger partial charge in [-0.3, -0.25) is 4.68 Å². The summed E-state index contributed by atoms with van der Waals surface area (Å²) >= 11 is 0. The number of aliphatic hydroxyl groups excluding tert-OH is 1. The molecule has 1 aliphatic rings. The molecule has 1 aliphatic carbocycles. The van der Waals surface area contributed by atoms with Gasteiger partial charge in [-0.25, -0.2) is 9.50 Å². The molecule has 3 aromatic heterocycles. The van der Waals surface area contributed by atoms with Gasteiger partial charge in [0.05, 0.1) is 23.9 Å². The van der Waals surface area contributed by atoms with Crippen LogP contribution < -0.4 is 5.32 Å². The average molecular weight is 284 g/mol. The molecule has 3 aromatic rings. The Labute approximate surface area is 121 Å². The van der Waals surface area contributed by atoms with Gasteiger partial charge in [0.2, 0.25) is 0 Å². The van der Waals surface area contributed by atoms with Crippen molar-refractivity contribution in [3.05, 3.63) is 42.6 Å². The van der Waals surface area contributed by atoms with Crippen molar-refractivity contribution >= 4 is 11.3 Å². The van der Waals surface area contributed by atoms with Gasteiger partial charge in [0.25, 0.3) is 0 Å². The molecular formula is C14H16N6O. The van der Waals surface area contributed by atoms with Gasteiger partial charge < -0.3 is 10.4 Å². The molecule has 0 aliphatic heterocycles. The number of hydrogen-bond donors (Lipinski definition) is 2. The van der Waals surface area contributed by atoms with E-state index in [1.807, 2.05) is 36.0 Å². The normalized spacial score (nSPS) is 25.0. The van der Waals surface area contributed by atoms with E-state index in [2.05, 4.69) is 20.5 Å². The Morgan fingerprint density at radius 2 is 2.24 bits per heavy atom. The maximum absolute atomic E-state index is 10.0. The van der Waals surface area contributed by atoms with Crippen molar-refractivity contribution in [3.63, 3.8) is 0 Å². The lowest BCUT2D eigenvalue weighted by molar-refractivity contribution is 0.0133. The van der Waals surface area contributed by atoms with E-state index >= 15 is 0 Å². The first-order valence-electron chi connectivity index (χ1n) is 6.97. The number of rotatable bonds is 3. The molecule has 3 atom stereocenters. The van der Waals surface area contributed by atoms with E-state index in [1.54, 1.807) is 17.1 Å². The molecular weight excluding hydrogens is 268 g/mol. The molecule has 0 amide bonds. The summed E-state index contributed by atoms with van der Waals surface area (Å²) < 4.78 is 3.61. The van der Waals surface area contributed by atoms with Crippen LogP contribution in [0.5, 0.6) is 0 Å². The second-order valence-corrected chi connectivity index (χ2v) is 5.42. The summed E-state index contributed by atoms with van der Waals surface area (Å²) in [5.74, 6) is 0.784. The van der Waals surface area contributed by atoms with Crippen LogP contribution >= 0.6 is 0 Å². The minimum Gasteiger partial charge on any atom is -0.391 e. The first-order valence-corrected chi connectivity index (χ1v) is 6.97. The molecule has 7 nitrogen and oxygen atoms in total. The Kier molecular flexibility index (Phi) is 2.68. The van der Waals surface area contributed by atoms with Crippen LogP contribution in [0, 0.1) is 6.92 Å². The molecule has 0 radical (unpaired) electrons. The lowest BCUT2D eigenvalue weighted by Crippen LogP contribution is -2.51. The first-order chi connectivity index (χ1) is 10.2. The molecule has 0 bridgehead atoms. The number of fused-ring (bicyclic) bond motifs is 1. The second kappa shape index (κ2) is 4.56. The fraction of sp³-hybridized carbons (Fsp3) is 0.357. The van der Waals surface area contributed by atoms with Crippen LogP contribution in [0.1, 0.15) is 18.2 Å². The first kappa shape index (κ1) is 12.3. The highest BCUT2D eigenvalue weighted by Gasteiger charge is 2.42. The Bertz CT molecular complexity index is 765. The van der Waals surface area contributed by atoms with Crippen molar-refractivity contribution in [3.8, 4) is 0 Å². The summed E-state index contributed by atoms with van der Waals surface area (Å²) in [5.41, 5.74) is 1.89. The molecule has 1 saturated carbocycles. The maximum atomic E-state index is 10.0. The highest BCUT2D eigenvalue weighted by atomic mass is 16.3. The zero-order valence-corrected chi connectivity index (χ0v) is 11.6. The van der Waals surface area contributed by atoms with E-state index in [1.165, 1.54) is 0 Å². The number of aromatic nitrogens is 5. The molecule has 0 aromatic carbocycles. The average Bonchev–Trinajstić information content (AvgIpc) is 3.07. The van der Waals surface area contributed by atoms with E-state index in [9.17, 15) is 5.11 Å². The number of nitrogens with zero attached hydrogens (tertiary/aromatic N) is 5. The van der Waals surface area contributed by atoms with Crippen LogP contribution in [0.3, 0.4) is 0 Å². The SMILES string of the molecule is Cc1cc2c(N[C@H]3C[C@@H](O)[C@@H]3n3cccn3)nccn2n1. The molecule has 21 heavy (non-hydrogen) atoms. The zero-order valence-electron chi connectivity index (χ0n) is 11.6. The molecule has 2 N–H and O–H groups in total. The Morgan fingerprint density at radius 3 is 3.00 bits per heavy atom. The number of aliphatic hydroxyl groups is 1. The maximum Gasteiger partial charge on any atom is 0.152 e. The van der Waals surface area contributed by atoms with E-state index in [-0.39, 0.29) is 18.2 Å². The van der Waals surface area contributed by atoms with E-state index < -0.39 is 0 Å². The molecule has 0 saturated heterocycles. The zero-order chi connectivity index (χ0) is 14.4. The minimum absolute atomic E-state index is 0.0638. The smallest absolute Gasteiger partial charge is 0.152 e. The van der Waals surface area contributed by atoms with E-state index in [0.29, 0.717) is 6.42 Å². The van der Waals surface area contributed by atoms with E-state index in [0.717, 1.165) is 17.0 Å². The number of hydrogen-bond acceptors (Lipinski definition) is 5. The van der Waals surface area contributed by atoms with Crippen LogP contribution in [0.4, 0.5) is 5.82 Å². The second-order valence-electron chi connectivity index (χ2n) is 5.42. The third-order valence-electron chi connectivity index (χ3n) is 3.97. The Morgan fingerprint density at radius 1 is 1.33 bits per heavy atom. The molecule has 4 rings (SSSR count). The summed E-state index contributed by atoms with van der Waals surface area (Å²) in [5, 5.41) is 22.0. The highest BCUT2D eigenvalue weighted by molar-refractivity contribution is 5.68. The third kappa shape index (κ3) is 1.97. The quantitative estimate of drug-likeness (QED) is 0.750. The van der Waals surface area contributed by atoms with Crippen molar-refractivity contribution in [2.75, 3.05) is 5.32 Å². The molecule has 108 valence electrons. The van der Waals surface area contributed by atoms with Crippen LogP contribution in [0.15, 0.2) is 36.9 Å². The number of aryl methyl sites for hydroxylation is 1. The summed E-state index contributed by atoms with van der Waals surface area (Å²) in [6.45, 7) is 1.95. The van der Waals surface area contributed by atoms with Gasteiger partial charge in [-0.2, -0.15) is 10.2 Å². The van der Waals surface area contributed by atoms with Gasteiger partial charge in [0, 0.05) is 24.8 Å². The Balaban J connectivity index is 1.63. The van der Waals surface area contributed by atoms with Gasteiger partial charge in [-0.05, 0) is 25.5 Å². The van der Waals surface area contributed by atoms with Crippen molar-refractivity contribution in [2.24, 2.45) is 0 Å². The van der Waals surface area contributed by atoms with Crippen molar-refractivity contribution in [1.29, 1.82) is 0 Å². The lowest BCUT2D eigenvalue weighted by Gasteiger charge is -2.42. The van der Waals surface area contributed by atoms with Crippen molar-refractivity contribution in [2.45, 2.75) is 31.5 Å².